The van der Waals surface area contributed by atoms with Crippen molar-refractivity contribution in [3.8, 4) is 51.6 Å². The fraction of sp³-hybridized carbons (Fsp3) is 0.0714. The maximum absolute atomic E-state index is 9.60. The van der Waals surface area contributed by atoms with Gasteiger partial charge in [-0.05, 0) is 71.1 Å². The van der Waals surface area contributed by atoms with E-state index in [1.54, 1.807) is 12.1 Å². The molecule has 8 aromatic carbocycles. The molecule has 0 saturated heterocycles. The summed E-state index contributed by atoms with van der Waals surface area (Å²) in [6.07, 6.45) is 0. The van der Waals surface area contributed by atoms with Gasteiger partial charge in [0, 0.05) is 54.7 Å². The van der Waals surface area contributed by atoms with E-state index in [-0.39, 0.29) is 5.41 Å². The van der Waals surface area contributed by atoms with Crippen LogP contribution in [0.4, 0.5) is 0 Å². The third kappa shape index (κ3) is 5.76. The summed E-state index contributed by atoms with van der Waals surface area (Å²) in [5.74, 6) is 1.56. The summed E-state index contributed by atoms with van der Waals surface area (Å²) in [5, 5.41) is 16.1. The van der Waals surface area contributed by atoms with E-state index in [0.717, 1.165) is 93.5 Å². The Morgan fingerprint density at radius 2 is 1.05 bits per heavy atom. The number of aromatic nitrogens is 5. The number of furan rings is 1. The number of nitrogens with zero attached hydrogens (tertiary/aromatic N) is 6. The Bertz CT molecular complexity index is 3820. The van der Waals surface area contributed by atoms with Crippen LogP contribution >= 0.6 is 0 Å². The summed E-state index contributed by atoms with van der Waals surface area (Å²) >= 11 is 0. The summed E-state index contributed by atoms with van der Waals surface area (Å²) in [7, 11) is 0. The second kappa shape index (κ2) is 13.8. The number of rotatable bonds is 5. The number of hydrogen-bond acceptors (Lipinski definition) is 5. The number of benzene rings is 8. The molecule has 7 nitrogen and oxygen atoms in total. The molecule has 12 aromatic rings. The van der Waals surface area contributed by atoms with E-state index < -0.39 is 0 Å². The van der Waals surface area contributed by atoms with Gasteiger partial charge in [0.2, 0.25) is 5.95 Å². The van der Waals surface area contributed by atoms with Gasteiger partial charge in [0.15, 0.2) is 11.6 Å². The van der Waals surface area contributed by atoms with E-state index in [1.807, 2.05) is 48.5 Å². The molecular formula is C56H38N6O. The van der Waals surface area contributed by atoms with E-state index in [0.29, 0.717) is 23.2 Å². The predicted molar refractivity (Wildman–Crippen MR) is 256 cm³/mol. The van der Waals surface area contributed by atoms with E-state index in [9.17, 15) is 5.26 Å². The molecule has 0 N–H and O–H groups in total. The van der Waals surface area contributed by atoms with Crippen LogP contribution in [0.5, 0.6) is 0 Å². The van der Waals surface area contributed by atoms with Crippen LogP contribution < -0.4 is 0 Å². The van der Waals surface area contributed by atoms with E-state index >= 15 is 0 Å². The smallest absolute Gasteiger partial charge is 0.238 e. The maximum atomic E-state index is 9.60. The summed E-state index contributed by atoms with van der Waals surface area (Å²) < 4.78 is 11.4. The molecule has 0 aliphatic rings. The van der Waals surface area contributed by atoms with Gasteiger partial charge < -0.3 is 8.98 Å². The molecule has 7 heteroatoms. The molecule has 0 bridgehead atoms. The van der Waals surface area contributed by atoms with Gasteiger partial charge in [-0.25, -0.2) is 4.98 Å². The highest BCUT2D eigenvalue weighted by Crippen LogP contribution is 2.44. The molecule has 0 saturated carbocycles. The highest BCUT2D eigenvalue weighted by molar-refractivity contribution is 6.24. The lowest BCUT2D eigenvalue weighted by molar-refractivity contribution is 0.590. The standard InChI is InChI=1S/C56H38N6O/c1-56(2,3)38-27-25-35(26-28-38)45-31-39(32-46-42-17-9-12-20-49(42)63-52(45)46)61-47-18-10-7-15-40(47)43-29-30-44-41-16-8-11-19-48(41)62(51(44)50(43)61)55-59-53(36-13-5-4-6-14-36)58-54(60-55)37-23-21-34(33-57)22-24-37/h4-32H,1-3H3. The molecule has 12 rings (SSSR count). The van der Waals surface area contributed by atoms with Crippen LogP contribution in [0, 0.1) is 11.3 Å². The topological polar surface area (TPSA) is 85.5 Å². The average molecular weight is 811 g/mol. The molecule has 0 fully saturated rings. The van der Waals surface area contributed by atoms with Gasteiger partial charge in [0.25, 0.3) is 0 Å². The molecule has 4 heterocycles. The van der Waals surface area contributed by atoms with E-state index in [1.165, 1.54) is 5.56 Å². The van der Waals surface area contributed by atoms with Crippen LogP contribution in [0.1, 0.15) is 31.9 Å². The summed E-state index contributed by atoms with van der Waals surface area (Å²) in [4.78, 5) is 15.6. The Hall–Kier alpha value is -8.34. The van der Waals surface area contributed by atoms with Crippen molar-refractivity contribution in [2.75, 3.05) is 0 Å². The first-order valence-electron chi connectivity index (χ1n) is 21.2. The van der Waals surface area contributed by atoms with Gasteiger partial charge in [-0.3, -0.25) is 4.57 Å². The monoisotopic (exact) mass is 810 g/mol. The molecule has 0 unspecified atom stereocenters. The zero-order valence-electron chi connectivity index (χ0n) is 34.8. The van der Waals surface area contributed by atoms with Gasteiger partial charge >= 0.3 is 0 Å². The highest BCUT2D eigenvalue weighted by Gasteiger charge is 2.25. The minimum Gasteiger partial charge on any atom is -0.455 e. The molecule has 4 aromatic heterocycles. The van der Waals surface area contributed by atoms with Crippen LogP contribution in [-0.4, -0.2) is 24.1 Å². The molecule has 0 aliphatic carbocycles. The summed E-state index contributed by atoms with van der Waals surface area (Å²) in [5.41, 5.74) is 12.4. The normalized spacial score (nSPS) is 12.0. The van der Waals surface area contributed by atoms with Crippen molar-refractivity contribution in [3.05, 3.63) is 187 Å². The Morgan fingerprint density at radius 3 is 1.70 bits per heavy atom. The van der Waals surface area contributed by atoms with Crippen LogP contribution in [0.25, 0.3) is 111 Å². The molecule has 0 spiro atoms. The largest absolute Gasteiger partial charge is 0.455 e. The first-order chi connectivity index (χ1) is 30.8. The highest BCUT2D eigenvalue weighted by atomic mass is 16.3. The fourth-order valence-electron chi connectivity index (χ4n) is 9.29. The second-order valence-corrected chi connectivity index (χ2v) is 17.2. The van der Waals surface area contributed by atoms with Crippen molar-refractivity contribution in [3.63, 3.8) is 0 Å². The first-order valence-corrected chi connectivity index (χ1v) is 21.2. The van der Waals surface area contributed by atoms with Crippen molar-refractivity contribution in [1.29, 1.82) is 5.26 Å². The molecule has 0 amide bonds. The average Bonchev–Trinajstić information content (AvgIpc) is 3.99. The lowest BCUT2D eigenvalue weighted by Gasteiger charge is -2.19. The third-order valence-corrected chi connectivity index (χ3v) is 12.4. The number of nitriles is 1. The Labute approximate surface area is 362 Å². The Balaban J connectivity index is 1.21. The SMILES string of the molecule is CC(C)(C)c1ccc(-c2cc(-n3c4ccccc4c4ccc5c6ccccc6n(-c6nc(-c7ccccc7)nc(-c7ccc(C#N)cc7)n6)c5c43)cc3c2oc2ccccc23)cc1. The van der Waals surface area contributed by atoms with Crippen LogP contribution in [0.15, 0.2) is 180 Å². The van der Waals surface area contributed by atoms with Crippen molar-refractivity contribution in [2.24, 2.45) is 0 Å². The maximum Gasteiger partial charge on any atom is 0.238 e. The van der Waals surface area contributed by atoms with Crippen molar-refractivity contribution < 1.29 is 4.42 Å². The minimum absolute atomic E-state index is 0.0189. The molecule has 0 radical (unpaired) electrons. The van der Waals surface area contributed by atoms with Crippen molar-refractivity contribution >= 4 is 65.6 Å². The zero-order chi connectivity index (χ0) is 42.4. The molecular weight excluding hydrogens is 773 g/mol. The quantitative estimate of drug-likeness (QED) is 0.173. The first kappa shape index (κ1) is 36.5. The number of fused-ring (bicyclic) bond motifs is 10. The zero-order valence-corrected chi connectivity index (χ0v) is 34.8. The lowest BCUT2D eigenvalue weighted by atomic mass is 9.86. The lowest BCUT2D eigenvalue weighted by Crippen LogP contribution is -2.10. The van der Waals surface area contributed by atoms with Gasteiger partial charge in [0.05, 0.1) is 33.7 Å². The number of hydrogen-bond donors (Lipinski definition) is 0. The van der Waals surface area contributed by atoms with Gasteiger partial charge in [-0.2, -0.15) is 15.2 Å². The van der Waals surface area contributed by atoms with Crippen LogP contribution in [-0.2, 0) is 5.41 Å². The van der Waals surface area contributed by atoms with Crippen LogP contribution in [0.3, 0.4) is 0 Å². The van der Waals surface area contributed by atoms with Gasteiger partial charge in [-0.1, -0.05) is 142 Å². The van der Waals surface area contributed by atoms with Crippen molar-refractivity contribution in [2.45, 2.75) is 26.2 Å². The molecule has 0 aliphatic heterocycles. The fourth-order valence-corrected chi connectivity index (χ4v) is 9.29. The minimum atomic E-state index is 0.0189. The van der Waals surface area contributed by atoms with E-state index in [2.05, 4.69) is 151 Å². The molecule has 0 atom stereocenters. The predicted octanol–water partition coefficient (Wildman–Crippen LogP) is 14.1. The summed E-state index contributed by atoms with van der Waals surface area (Å²) in [6.45, 7) is 6.74. The Morgan fingerprint density at radius 1 is 0.492 bits per heavy atom. The Kier molecular flexibility index (Phi) is 8.02. The van der Waals surface area contributed by atoms with Crippen LogP contribution in [0.2, 0.25) is 0 Å². The molecule has 63 heavy (non-hydrogen) atoms. The van der Waals surface area contributed by atoms with Gasteiger partial charge in [0.1, 0.15) is 11.2 Å². The van der Waals surface area contributed by atoms with E-state index in [4.69, 9.17) is 19.4 Å². The second-order valence-electron chi connectivity index (χ2n) is 17.2. The molecule has 298 valence electrons. The van der Waals surface area contributed by atoms with Gasteiger partial charge in [-0.15, -0.1) is 0 Å². The number of para-hydroxylation sites is 3. The van der Waals surface area contributed by atoms with Crippen molar-refractivity contribution in [1.82, 2.24) is 24.1 Å². The third-order valence-electron chi connectivity index (χ3n) is 12.4. The summed E-state index contributed by atoms with van der Waals surface area (Å²) in [6, 6.07) is 63.1.